The summed E-state index contributed by atoms with van der Waals surface area (Å²) in [5.74, 6) is 2.34. The van der Waals surface area contributed by atoms with Crippen LogP contribution in [-0.2, 0) is 0 Å². The molecule has 134 valence electrons. The first kappa shape index (κ1) is 16.8. The summed E-state index contributed by atoms with van der Waals surface area (Å²) in [5.41, 5.74) is 0.833. The maximum Gasteiger partial charge on any atom is 0.253 e. The van der Waals surface area contributed by atoms with Crippen LogP contribution in [0.25, 0.3) is 0 Å². The average molecular weight is 338 g/mol. The van der Waals surface area contributed by atoms with E-state index in [9.17, 15) is 4.79 Å². The van der Waals surface area contributed by atoms with E-state index in [1.807, 2.05) is 30.3 Å². The summed E-state index contributed by atoms with van der Waals surface area (Å²) in [5, 5.41) is 0. The molecule has 3 unspecified atom stereocenters. The van der Waals surface area contributed by atoms with Crippen LogP contribution in [-0.4, -0.2) is 48.4 Å². The van der Waals surface area contributed by atoms with Gasteiger partial charge in [0.05, 0.1) is 0 Å². The molecule has 25 heavy (non-hydrogen) atoms. The number of likely N-dealkylation sites (tertiary alicyclic amines) is 1. The fourth-order valence-electron chi connectivity index (χ4n) is 4.87. The van der Waals surface area contributed by atoms with Crippen molar-refractivity contribution >= 4 is 5.91 Å². The van der Waals surface area contributed by atoms with Crippen molar-refractivity contribution in [3.05, 3.63) is 48.0 Å². The Bertz CT molecular complexity index is 606. The summed E-state index contributed by atoms with van der Waals surface area (Å²) in [4.78, 5) is 17.8. The highest BCUT2D eigenvalue weighted by molar-refractivity contribution is 5.94. The van der Waals surface area contributed by atoms with Crippen LogP contribution in [0.3, 0.4) is 0 Å². The molecule has 1 heterocycles. The quantitative estimate of drug-likeness (QED) is 0.736. The summed E-state index contributed by atoms with van der Waals surface area (Å²) < 4.78 is 0. The van der Waals surface area contributed by atoms with Gasteiger partial charge < -0.3 is 9.80 Å². The predicted molar refractivity (Wildman–Crippen MR) is 101 cm³/mol. The second kappa shape index (κ2) is 7.74. The smallest absolute Gasteiger partial charge is 0.253 e. The third kappa shape index (κ3) is 3.98. The second-order valence-corrected chi connectivity index (χ2v) is 8.06. The highest BCUT2D eigenvalue weighted by Crippen LogP contribution is 2.43. The van der Waals surface area contributed by atoms with Gasteiger partial charge in [0.25, 0.3) is 5.91 Å². The summed E-state index contributed by atoms with van der Waals surface area (Å²) in [6, 6.07) is 9.83. The summed E-state index contributed by atoms with van der Waals surface area (Å²) in [6.45, 7) is 5.21. The van der Waals surface area contributed by atoms with Gasteiger partial charge in [-0.25, -0.2) is 0 Å². The van der Waals surface area contributed by atoms with Gasteiger partial charge in [0.2, 0.25) is 0 Å². The molecule has 2 fully saturated rings. The molecule has 0 spiro atoms. The van der Waals surface area contributed by atoms with Crippen molar-refractivity contribution in [3.8, 4) is 0 Å². The Morgan fingerprint density at radius 3 is 2.52 bits per heavy atom. The van der Waals surface area contributed by atoms with Crippen molar-refractivity contribution in [2.24, 2.45) is 17.8 Å². The highest BCUT2D eigenvalue weighted by Gasteiger charge is 2.37. The first-order valence-electron chi connectivity index (χ1n) is 10.0. The van der Waals surface area contributed by atoms with Crippen molar-refractivity contribution in [1.29, 1.82) is 0 Å². The van der Waals surface area contributed by atoms with Crippen LogP contribution in [0.5, 0.6) is 0 Å². The lowest BCUT2D eigenvalue weighted by atomic mass is 9.93. The largest absolute Gasteiger partial charge is 0.337 e. The number of hydrogen-bond acceptors (Lipinski definition) is 2. The summed E-state index contributed by atoms with van der Waals surface area (Å²) >= 11 is 0. The van der Waals surface area contributed by atoms with Gasteiger partial charge >= 0.3 is 0 Å². The van der Waals surface area contributed by atoms with E-state index >= 15 is 0 Å². The number of carbonyl (C=O) groups excluding carboxylic acids is 1. The minimum atomic E-state index is 0.212. The Morgan fingerprint density at radius 1 is 1.04 bits per heavy atom. The molecule has 3 atom stereocenters. The lowest BCUT2D eigenvalue weighted by Gasteiger charge is -2.32. The zero-order chi connectivity index (χ0) is 17.1. The maximum absolute atomic E-state index is 13.1. The highest BCUT2D eigenvalue weighted by atomic mass is 16.2. The predicted octanol–water partition coefficient (Wildman–Crippen LogP) is 3.83. The van der Waals surface area contributed by atoms with Crippen molar-refractivity contribution < 1.29 is 4.79 Å². The number of hydrogen-bond donors (Lipinski definition) is 0. The van der Waals surface area contributed by atoms with Crippen molar-refractivity contribution in [2.75, 3.05) is 32.7 Å². The van der Waals surface area contributed by atoms with E-state index in [-0.39, 0.29) is 5.91 Å². The average Bonchev–Trinajstić information content (AvgIpc) is 3.29. The van der Waals surface area contributed by atoms with E-state index in [0.717, 1.165) is 31.1 Å². The Hall–Kier alpha value is -1.61. The molecule has 3 aliphatic rings. The van der Waals surface area contributed by atoms with Crippen LogP contribution in [0.4, 0.5) is 0 Å². The minimum Gasteiger partial charge on any atom is -0.337 e. The molecule has 0 aromatic heterocycles. The van der Waals surface area contributed by atoms with E-state index in [2.05, 4.69) is 22.0 Å². The monoisotopic (exact) mass is 338 g/mol. The number of piperidine rings is 1. The van der Waals surface area contributed by atoms with Crippen LogP contribution < -0.4 is 0 Å². The van der Waals surface area contributed by atoms with Gasteiger partial charge in [0, 0.05) is 25.2 Å². The first-order valence-corrected chi connectivity index (χ1v) is 10.0. The van der Waals surface area contributed by atoms with E-state index in [4.69, 9.17) is 0 Å². The Kier molecular flexibility index (Phi) is 5.21. The van der Waals surface area contributed by atoms with Gasteiger partial charge in [0.15, 0.2) is 0 Å². The van der Waals surface area contributed by atoms with Crippen molar-refractivity contribution in [3.63, 3.8) is 0 Å². The zero-order valence-electron chi connectivity index (χ0n) is 15.1. The number of amides is 1. The number of allylic oxidation sites excluding steroid dienone is 2. The molecule has 2 aliphatic carbocycles. The molecule has 1 amide bonds. The van der Waals surface area contributed by atoms with Crippen LogP contribution >= 0.6 is 0 Å². The molecule has 1 aliphatic heterocycles. The summed E-state index contributed by atoms with van der Waals surface area (Å²) in [7, 11) is 0. The molecule has 2 bridgehead atoms. The number of rotatable bonds is 6. The Morgan fingerprint density at radius 2 is 1.84 bits per heavy atom. The van der Waals surface area contributed by atoms with Crippen LogP contribution in [0.1, 0.15) is 42.5 Å². The summed E-state index contributed by atoms with van der Waals surface area (Å²) in [6.07, 6.45) is 11.3. The molecule has 3 heteroatoms. The minimum absolute atomic E-state index is 0.212. The van der Waals surface area contributed by atoms with Crippen molar-refractivity contribution in [2.45, 2.75) is 32.1 Å². The van der Waals surface area contributed by atoms with Gasteiger partial charge in [0.1, 0.15) is 0 Å². The van der Waals surface area contributed by atoms with E-state index < -0.39 is 0 Å². The number of nitrogens with zero attached hydrogens (tertiary/aromatic N) is 2. The topological polar surface area (TPSA) is 23.6 Å². The standard InChI is InChI=1S/C22H30N2O/c25-22(19-7-3-1-4-8-19)24(14-13-23-11-5-2-6-12-23)17-21-16-18-9-10-20(21)15-18/h1,3-4,7-10,18,20-21H,2,5-6,11-17H2. The molecule has 1 aromatic rings. The normalized spacial score (nSPS) is 28.4. The second-order valence-electron chi connectivity index (χ2n) is 8.06. The van der Waals surface area contributed by atoms with E-state index in [0.29, 0.717) is 11.8 Å². The molecular weight excluding hydrogens is 308 g/mol. The third-order valence-electron chi connectivity index (χ3n) is 6.31. The fourth-order valence-corrected chi connectivity index (χ4v) is 4.87. The molecule has 4 rings (SSSR count). The molecule has 0 N–H and O–H groups in total. The molecule has 3 nitrogen and oxygen atoms in total. The molecule has 1 saturated heterocycles. The fraction of sp³-hybridized carbons (Fsp3) is 0.591. The molecular formula is C22H30N2O. The number of benzene rings is 1. The lowest BCUT2D eigenvalue weighted by Crippen LogP contribution is -2.43. The van der Waals surface area contributed by atoms with Gasteiger partial charge in [-0.1, -0.05) is 36.8 Å². The molecule has 0 radical (unpaired) electrons. The number of carbonyl (C=O) groups is 1. The number of fused-ring (bicyclic) bond motifs is 2. The van der Waals surface area contributed by atoms with Crippen LogP contribution in [0.15, 0.2) is 42.5 Å². The van der Waals surface area contributed by atoms with Gasteiger partial charge in [-0.15, -0.1) is 0 Å². The third-order valence-corrected chi connectivity index (χ3v) is 6.31. The molecule has 1 aromatic carbocycles. The maximum atomic E-state index is 13.1. The first-order chi connectivity index (χ1) is 12.3. The van der Waals surface area contributed by atoms with Crippen molar-refractivity contribution in [1.82, 2.24) is 9.80 Å². The Labute approximate surface area is 151 Å². The van der Waals surface area contributed by atoms with Crippen LogP contribution in [0, 0.1) is 17.8 Å². The Balaban J connectivity index is 1.42. The van der Waals surface area contributed by atoms with E-state index in [1.165, 1.54) is 45.2 Å². The lowest BCUT2D eigenvalue weighted by molar-refractivity contribution is 0.0689. The molecule has 1 saturated carbocycles. The SMILES string of the molecule is O=C(c1ccccc1)N(CCN1CCCCC1)CC1CC2C=CC1C2. The van der Waals surface area contributed by atoms with Crippen LogP contribution in [0.2, 0.25) is 0 Å². The van der Waals surface area contributed by atoms with Gasteiger partial charge in [-0.2, -0.15) is 0 Å². The van der Waals surface area contributed by atoms with Gasteiger partial charge in [-0.05, 0) is 68.7 Å². The zero-order valence-corrected chi connectivity index (χ0v) is 15.1. The van der Waals surface area contributed by atoms with E-state index in [1.54, 1.807) is 0 Å². The van der Waals surface area contributed by atoms with Gasteiger partial charge in [-0.3, -0.25) is 4.79 Å².